The van der Waals surface area contributed by atoms with Gasteiger partial charge in [-0.25, -0.2) is 19.6 Å². The van der Waals surface area contributed by atoms with Crippen molar-refractivity contribution in [3.8, 4) is 22.4 Å². The number of carbonyl (C=O) groups excluding carboxylic acids is 4. The average Bonchev–Trinajstić information content (AvgIpc) is 4.08. The lowest BCUT2D eigenvalue weighted by molar-refractivity contribution is -0.136. The van der Waals surface area contributed by atoms with E-state index in [2.05, 4.69) is 43.5 Å². The first kappa shape index (κ1) is 38.4. The molecule has 5 atom stereocenters. The standard InChI is InChI=1S/C41H46N8O6S2/c1-22(2)32(46-40(52)54-3)38(50)49-17-9-13-31(49)37-43-27-15-14-24(18-28(27)44-37)25-20-56-35-26(21-57-34(25)35)29-19-42-36(45-29)30-12-8-16-48(30)39(51)33(47-41(53)55-4)23-10-6-5-7-11-23/h5-7,10,14-15,18-23,30-33H,8-9,11-13,16-17H2,1-4H3,(H,42,45)(H,43,44)(H,46,52)(H,47,53)/t23?,30-,31-,32-,33+/m0/s1. The van der Waals surface area contributed by atoms with E-state index in [-0.39, 0.29) is 35.7 Å². The normalized spacial score (nSPS) is 20.4. The van der Waals surface area contributed by atoms with Gasteiger partial charge < -0.3 is 39.9 Å². The molecule has 5 aromatic rings. The SMILES string of the molecule is COC(=O)N[C@H](C(=O)N1CCC[C@H]1c1nc2ccc(-c3csc4c(-c5cnc([C@@H]6CCCN6C(=O)[C@H](NC(=O)OC)C6C=CC=CC6)[nH]5)csc34)cc2[nH]1)C(C)C. The van der Waals surface area contributed by atoms with E-state index in [0.29, 0.717) is 19.5 Å². The number of rotatable bonds is 10. The van der Waals surface area contributed by atoms with Gasteiger partial charge in [0.05, 0.1) is 58.6 Å². The van der Waals surface area contributed by atoms with Gasteiger partial charge in [-0.2, -0.15) is 0 Å². The van der Waals surface area contributed by atoms with Gasteiger partial charge in [0.2, 0.25) is 11.8 Å². The van der Waals surface area contributed by atoms with Gasteiger partial charge in [-0.3, -0.25) is 9.59 Å². The number of allylic oxidation sites excluding steroid dienone is 3. The third-order valence-electron chi connectivity index (χ3n) is 11.2. The highest BCUT2D eigenvalue weighted by molar-refractivity contribution is 7.27. The number of aromatic amines is 2. The summed E-state index contributed by atoms with van der Waals surface area (Å²) in [7, 11) is 2.60. The number of benzene rings is 1. The molecule has 0 spiro atoms. The summed E-state index contributed by atoms with van der Waals surface area (Å²) < 4.78 is 12.0. The van der Waals surface area contributed by atoms with E-state index in [0.717, 1.165) is 75.4 Å². The zero-order chi connectivity index (χ0) is 39.8. The summed E-state index contributed by atoms with van der Waals surface area (Å²) >= 11 is 3.36. The first-order valence-electron chi connectivity index (χ1n) is 19.3. The summed E-state index contributed by atoms with van der Waals surface area (Å²) in [4.78, 5) is 72.4. The fraction of sp³-hybridized carbons (Fsp3) is 0.415. The maximum absolute atomic E-state index is 14.0. The number of carbonyl (C=O) groups is 4. The Bertz CT molecular complexity index is 2370. The molecule has 57 heavy (non-hydrogen) atoms. The smallest absolute Gasteiger partial charge is 0.407 e. The maximum atomic E-state index is 14.0. The lowest BCUT2D eigenvalue weighted by Gasteiger charge is -2.31. The van der Waals surface area contributed by atoms with Crippen LogP contribution in [0.5, 0.6) is 0 Å². The monoisotopic (exact) mass is 810 g/mol. The highest BCUT2D eigenvalue weighted by Crippen LogP contribution is 2.45. The topological polar surface area (TPSA) is 175 Å². The third kappa shape index (κ3) is 7.43. The van der Waals surface area contributed by atoms with Crippen LogP contribution in [0.1, 0.15) is 69.7 Å². The van der Waals surface area contributed by atoms with E-state index >= 15 is 0 Å². The van der Waals surface area contributed by atoms with Crippen LogP contribution in [0.15, 0.2) is 59.5 Å². The molecular formula is C41H46N8O6S2. The molecule has 298 valence electrons. The molecule has 2 fully saturated rings. The summed E-state index contributed by atoms with van der Waals surface area (Å²) in [5.74, 6) is 0.891. The van der Waals surface area contributed by atoms with Crippen molar-refractivity contribution < 1.29 is 28.7 Å². The summed E-state index contributed by atoms with van der Waals surface area (Å²) in [6.07, 6.45) is 12.3. The Kier molecular flexibility index (Phi) is 10.9. The highest BCUT2D eigenvalue weighted by Gasteiger charge is 2.40. The first-order chi connectivity index (χ1) is 27.6. The lowest BCUT2D eigenvalue weighted by Crippen LogP contribution is -2.52. The number of methoxy groups -OCH3 is 2. The molecule has 4 aromatic heterocycles. The Morgan fingerprint density at radius 3 is 2.25 bits per heavy atom. The number of aromatic nitrogens is 4. The Morgan fingerprint density at radius 2 is 1.54 bits per heavy atom. The van der Waals surface area contributed by atoms with E-state index in [1.807, 2.05) is 60.2 Å². The number of amides is 4. The summed E-state index contributed by atoms with van der Waals surface area (Å²) in [5.41, 5.74) is 5.84. The molecule has 2 saturated heterocycles. The largest absolute Gasteiger partial charge is 0.453 e. The van der Waals surface area contributed by atoms with Crippen molar-refractivity contribution in [3.05, 3.63) is 71.1 Å². The van der Waals surface area contributed by atoms with E-state index < -0.39 is 24.3 Å². The Hall–Kier alpha value is -5.48. The van der Waals surface area contributed by atoms with Crippen LogP contribution in [0.25, 0.3) is 42.8 Å². The van der Waals surface area contributed by atoms with Gasteiger partial charge in [-0.05, 0) is 55.7 Å². The molecule has 1 aliphatic carbocycles. The molecule has 0 radical (unpaired) electrons. The van der Waals surface area contributed by atoms with Crippen LogP contribution >= 0.6 is 22.7 Å². The van der Waals surface area contributed by atoms with Gasteiger partial charge in [0.25, 0.3) is 0 Å². The summed E-state index contributed by atoms with van der Waals surface area (Å²) in [6.45, 7) is 4.98. The molecule has 1 unspecified atom stereocenters. The van der Waals surface area contributed by atoms with Crippen molar-refractivity contribution in [1.82, 2.24) is 40.4 Å². The highest BCUT2D eigenvalue weighted by atomic mass is 32.1. The van der Waals surface area contributed by atoms with Crippen molar-refractivity contribution in [2.45, 2.75) is 70.1 Å². The number of thiophene rings is 2. The van der Waals surface area contributed by atoms with E-state index in [1.165, 1.54) is 18.9 Å². The minimum absolute atomic E-state index is 0.113. The number of imidazole rings is 2. The van der Waals surface area contributed by atoms with Crippen molar-refractivity contribution in [2.24, 2.45) is 11.8 Å². The second-order valence-electron chi connectivity index (χ2n) is 15.1. The Balaban J connectivity index is 1.01. The van der Waals surface area contributed by atoms with Gasteiger partial charge in [-0.15, -0.1) is 22.7 Å². The van der Waals surface area contributed by atoms with Crippen LogP contribution in [0.3, 0.4) is 0 Å². The number of likely N-dealkylation sites (tertiary alicyclic amines) is 2. The molecule has 4 amide bonds. The van der Waals surface area contributed by atoms with Crippen LogP contribution in [0.4, 0.5) is 9.59 Å². The maximum Gasteiger partial charge on any atom is 0.407 e. The molecule has 4 N–H and O–H groups in total. The molecule has 0 bridgehead atoms. The molecule has 3 aliphatic rings. The van der Waals surface area contributed by atoms with Gasteiger partial charge in [0, 0.05) is 40.9 Å². The number of fused-ring (bicyclic) bond motifs is 2. The quantitative estimate of drug-likeness (QED) is 0.112. The number of alkyl carbamates (subject to hydrolysis) is 2. The summed E-state index contributed by atoms with van der Waals surface area (Å²) in [5, 5.41) is 9.83. The van der Waals surface area contributed by atoms with Gasteiger partial charge >= 0.3 is 12.2 Å². The van der Waals surface area contributed by atoms with Crippen molar-refractivity contribution in [1.29, 1.82) is 0 Å². The minimum Gasteiger partial charge on any atom is -0.453 e. The molecule has 14 nitrogen and oxygen atoms in total. The van der Waals surface area contributed by atoms with Crippen molar-refractivity contribution in [3.63, 3.8) is 0 Å². The zero-order valence-corrected chi connectivity index (χ0v) is 33.9. The van der Waals surface area contributed by atoms with Gasteiger partial charge in [0.1, 0.15) is 23.7 Å². The minimum atomic E-state index is -0.747. The number of hydrogen-bond donors (Lipinski definition) is 4. The lowest BCUT2D eigenvalue weighted by atomic mass is 9.91. The van der Waals surface area contributed by atoms with Gasteiger partial charge in [-0.1, -0.05) is 44.2 Å². The molecule has 16 heteroatoms. The summed E-state index contributed by atoms with van der Waals surface area (Å²) in [6, 6.07) is 4.31. The van der Waals surface area contributed by atoms with Crippen LogP contribution in [-0.4, -0.2) is 93.1 Å². The number of nitrogens with one attached hydrogen (secondary N) is 4. The van der Waals surface area contributed by atoms with Crippen molar-refractivity contribution in [2.75, 3.05) is 27.3 Å². The predicted octanol–water partition coefficient (Wildman–Crippen LogP) is 7.46. The van der Waals surface area contributed by atoms with E-state index in [4.69, 9.17) is 19.4 Å². The molecule has 8 rings (SSSR count). The number of hydrogen-bond acceptors (Lipinski definition) is 10. The van der Waals surface area contributed by atoms with Gasteiger partial charge in [0.15, 0.2) is 0 Å². The fourth-order valence-corrected chi connectivity index (χ4v) is 10.7. The first-order valence-corrected chi connectivity index (χ1v) is 21.1. The second-order valence-corrected chi connectivity index (χ2v) is 16.8. The fourth-order valence-electron chi connectivity index (χ4n) is 8.27. The number of ether oxygens (including phenoxy) is 2. The van der Waals surface area contributed by atoms with Crippen LogP contribution in [0, 0.1) is 11.8 Å². The van der Waals surface area contributed by atoms with E-state index in [1.54, 1.807) is 22.7 Å². The van der Waals surface area contributed by atoms with E-state index in [9.17, 15) is 19.2 Å². The Labute approximate surface area is 337 Å². The second kappa shape index (κ2) is 16.2. The molecule has 0 saturated carbocycles. The Morgan fingerprint density at radius 1 is 0.860 bits per heavy atom. The van der Waals surface area contributed by atoms with Crippen molar-refractivity contribution >= 4 is 67.1 Å². The predicted molar refractivity (Wildman–Crippen MR) is 220 cm³/mol. The molecule has 1 aromatic carbocycles. The molecule has 6 heterocycles. The molecular weight excluding hydrogens is 765 g/mol. The van der Waals surface area contributed by atoms with Crippen LogP contribution in [-0.2, 0) is 19.1 Å². The third-order valence-corrected chi connectivity index (χ3v) is 13.4. The van der Waals surface area contributed by atoms with Crippen LogP contribution < -0.4 is 10.6 Å². The molecule has 2 aliphatic heterocycles. The van der Waals surface area contributed by atoms with Crippen LogP contribution in [0.2, 0.25) is 0 Å². The number of H-pyrrole nitrogens is 2. The number of nitrogens with zero attached hydrogens (tertiary/aromatic N) is 4. The zero-order valence-electron chi connectivity index (χ0n) is 32.2. The average molecular weight is 811 g/mol.